The lowest BCUT2D eigenvalue weighted by Crippen LogP contribution is -2.09. The third-order valence-corrected chi connectivity index (χ3v) is 2.52. The minimum Gasteiger partial charge on any atom is -0.396 e. The van der Waals surface area contributed by atoms with Crippen molar-refractivity contribution >= 4 is 23.4 Å². The molecule has 1 heterocycles. The van der Waals surface area contributed by atoms with Gasteiger partial charge in [-0.05, 0) is 18.8 Å². The van der Waals surface area contributed by atoms with E-state index in [1.807, 2.05) is 6.92 Å². The maximum absolute atomic E-state index is 8.85. The molecular weight excluding hydrogens is 228 g/mol. The normalized spacial score (nSPS) is 12.4. The summed E-state index contributed by atoms with van der Waals surface area (Å²) in [4.78, 5) is 7.75. The van der Waals surface area contributed by atoms with Gasteiger partial charge in [0.2, 0.25) is 5.95 Å². The monoisotopic (exact) mass is 244 g/mol. The van der Waals surface area contributed by atoms with E-state index in [4.69, 9.17) is 22.4 Å². The van der Waals surface area contributed by atoms with Crippen molar-refractivity contribution in [1.29, 1.82) is 0 Å². The van der Waals surface area contributed by atoms with Gasteiger partial charge in [0.05, 0.1) is 6.20 Å². The molecular formula is C10H17ClN4O. The summed E-state index contributed by atoms with van der Waals surface area (Å²) >= 11 is 5.88. The molecule has 0 spiro atoms. The van der Waals surface area contributed by atoms with Gasteiger partial charge in [0.1, 0.15) is 10.8 Å². The van der Waals surface area contributed by atoms with E-state index in [1.165, 1.54) is 6.20 Å². The third-order valence-electron chi connectivity index (χ3n) is 2.24. The van der Waals surface area contributed by atoms with E-state index < -0.39 is 0 Å². The Bertz CT molecular complexity index is 335. The van der Waals surface area contributed by atoms with Crippen molar-refractivity contribution in [3.63, 3.8) is 0 Å². The summed E-state index contributed by atoms with van der Waals surface area (Å²) in [7, 11) is 0. The van der Waals surface area contributed by atoms with Crippen molar-refractivity contribution in [3.05, 3.63) is 11.2 Å². The number of anilines is 2. The molecule has 4 N–H and O–H groups in total. The summed E-state index contributed by atoms with van der Waals surface area (Å²) in [6, 6.07) is 0. The van der Waals surface area contributed by atoms with Crippen molar-refractivity contribution < 1.29 is 5.11 Å². The fourth-order valence-electron chi connectivity index (χ4n) is 1.25. The molecule has 16 heavy (non-hydrogen) atoms. The zero-order chi connectivity index (χ0) is 12.0. The van der Waals surface area contributed by atoms with Crippen LogP contribution in [-0.4, -0.2) is 28.2 Å². The number of aliphatic hydroxyl groups excluding tert-OH is 1. The molecule has 0 aliphatic rings. The Morgan fingerprint density at radius 1 is 1.62 bits per heavy atom. The Balaban J connectivity index is 2.34. The van der Waals surface area contributed by atoms with Gasteiger partial charge in [-0.25, -0.2) is 4.98 Å². The van der Waals surface area contributed by atoms with Crippen molar-refractivity contribution in [2.75, 3.05) is 24.2 Å². The largest absolute Gasteiger partial charge is 0.396 e. The number of aliphatic hydroxyl groups is 1. The maximum Gasteiger partial charge on any atom is 0.222 e. The number of aromatic nitrogens is 2. The lowest BCUT2D eigenvalue weighted by Gasteiger charge is -2.09. The van der Waals surface area contributed by atoms with Gasteiger partial charge in [0.25, 0.3) is 0 Å². The first kappa shape index (κ1) is 13.0. The first-order chi connectivity index (χ1) is 7.63. The van der Waals surface area contributed by atoms with Gasteiger partial charge in [-0.15, -0.1) is 0 Å². The number of rotatable bonds is 6. The quantitative estimate of drug-likeness (QED) is 0.661. The zero-order valence-electron chi connectivity index (χ0n) is 9.28. The number of nitrogens with zero attached hydrogens (tertiary/aromatic N) is 2. The van der Waals surface area contributed by atoms with Gasteiger partial charge in [-0.3, -0.25) is 0 Å². The molecule has 6 heteroatoms. The van der Waals surface area contributed by atoms with Crippen LogP contribution in [0.2, 0.25) is 5.02 Å². The number of hydrogen-bond acceptors (Lipinski definition) is 5. The Kier molecular flexibility index (Phi) is 5.28. The van der Waals surface area contributed by atoms with Crippen LogP contribution in [0.3, 0.4) is 0 Å². The molecule has 0 fully saturated rings. The highest BCUT2D eigenvalue weighted by Crippen LogP contribution is 2.18. The molecule has 0 aromatic carbocycles. The Labute approximate surface area is 100 Å². The van der Waals surface area contributed by atoms with E-state index in [-0.39, 0.29) is 12.6 Å². The van der Waals surface area contributed by atoms with E-state index in [9.17, 15) is 0 Å². The number of hydrogen-bond donors (Lipinski definition) is 3. The van der Waals surface area contributed by atoms with Crippen LogP contribution < -0.4 is 11.1 Å². The molecule has 0 aliphatic heterocycles. The van der Waals surface area contributed by atoms with E-state index in [2.05, 4.69) is 15.3 Å². The van der Waals surface area contributed by atoms with Crippen LogP contribution in [0.1, 0.15) is 19.8 Å². The van der Waals surface area contributed by atoms with Crippen LogP contribution in [-0.2, 0) is 0 Å². The molecule has 1 aromatic heterocycles. The van der Waals surface area contributed by atoms with Crippen LogP contribution in [0, 0.1) is 5.92 Å². The van der Waals surface area contributed by atoms with Gasteiger partial charge < -0.3 is 16.2 Å². The van der Waals surface area contributed by atoms with Gasteiger partial charge in [0, 0.05) is 13.2 Å². The lowest BCUT2D eigenvalue weighted by atomic mass is 10.1. The average molecular weight is 245 g/mol. The first-order valence-electron chi connectivity index (χ1n) is 5.26. The summed E-state index contributed by atoms with van der Waals surface area (Å²) in [5, 5.41) is 12.4. The second-order valence-electron chi connectivity index (χ2n) is 3.78. The summed E-state index contributed by atoms with van der Waals surface area (Å²) < 4.78 is 0. The fourth-order valence-corrected chi connectivity index (χ4v) is 1.41. The Morgan fingerprint density at radius 2 is 2.38 bits per heavy atom. The highest BCUT2D eigenvalue weighted by Gasteiger charge is 2.03. The van der Waals surface area contributed by atoms with Gasteiger partial charge >= 0.3 is 0 Å². The standard InChI is InChI=1S/C10H17ClN4O/c1-7(6-16)3-2-4-13-9-8(11)5-14-10(12)15-9/h5,7,16H,2-4,6H2,1H3,(H3,12,13,14,15). The number of nitrogens with one attached hydrogen (secondary N) is 1. The predicted octanol–water partition coefficient (Wildman–Crippen LogP) is 1.53. The van der Waals surface area contributed by atoms with Gasteiger partial charge in [-0.2, -0.15) is 4.98 Å². The minimum atomic E-state index is 0.204. The second-order valence-corrected chi connectivity index (χ2v) is 4.19. The molecule has 0 amide bonds. The summed E-state index contributed by atoms with van der Waals surface area (Å²) in [5.41, 5.74) is 5.45. The topological polar surface area (TPSA) is 84.1 Å². The van der Waals surface area contributed by atoms with Crippen molar-refractivity contribution in [2.24, 2.45) is 5.92 Å². The molecule has 1 atom stereocenters. The van der Waals surface area contributed by atoms with E-state index >= 15 is 0 Å². The molecule has 0 saturated carbocycles. The summed E-state index contributed by atoms with van der Waals surface area (Å²) in [6.07, 6.45) is 3.38. The smallest absolute Gasteiger partial charge is 0.222 e. The summed E-state index contributed by atoms with van der Waals surface area (Å²) in [6.45, 7) is 2.98. The molecule has 5 nitrogen and oxygen atoms in total. The van der Waals surface area contributed by atoms with Crippen LogP contribution in [0.5, 0.6) is 0 Å². The van der Waals surface area contributed by atoms with Crippen LogP contribution >= 0.6 is 11.6 Å². The lowest BCUT2D eigenvalue weighted by molar-refractivity contribution is 0.229. The number of nitrogens with two attached hydrogens (primary N) is 1. The van der Waals surface area contributed by atoms with Gasteiger partial charge in [0.15, 0.2) is 0 Å². The Hall–Kier alpha value is -1.07. The zero-order valence-corrected chi connectivity index (χ0v) is 10.0. The molecule has 0 radical (unpaired) electrons. The van der Waals surface area contributed by atoms with Crippen molar-refractivity contribution in [3.8, 4) is 0 Å². The molecule has 1 aromatic rings. The molecule has 0 aliphatic carbocycles. The Morgan fingerprint density at radius 3 is 3.06 bits per heavy atom. The highest BCUT2D eigenvalue weighted by molar-refractivity contribution is 6.32. The van der Waals surface area contributed by atoms with Crippen molar-refractivity contribution in [2.45, 2.75) is 19.8 Å². The van der Waals surface area contributed by atoms with E-state index in [1.54, 1.807) is 0 Å². The molecule has 1 unspecified atom stereocenters. The maximum atomic E-state index is 8.85. The number of halogens is 1. The summed E-state index contributed by atoms with van der Waals surface area (Å²) in [5.74, 6) is 1.09. The van der Waals surface area contributed by atoms with Crippen LogP contribution in [0.25, 0.3) is 0 Å². The third kappa shape index (κ3) is 4.20. The van der Waals surface area contributed by atoms with Crippen molar-refractivity contribution in [1.82, 2.24) is 9.97 Å². The van der Waals surface area contributed by atoms with Crippen LogP contribution in [0.15, 0.2) is 6.20 Å². The van der Waals surface area contributed by atoms with Crippen LogP contribution in [0.4, 0.5) is 11.8 Å². The SMILES string of the molecule is CC(CO)CCCNc1nc(N)ncc1Cl. The fraction of sp³-hybridized carbons (Fsp3) is 0.600. The van der Waals surface area contributed by atoms with E-state index in [0.29, 0.717) is 16.8 Å². The second kappa shape index (κ2) is 6.50. The minimum absolute atomic E-state index is 0.204. The molecule has 90 valence electrons. The molecule has 0 saturated heterocycles. The number of nitrogen functional groups attached to an aromatic ring is 1. The van der Waals surface area contributed by atoms with E-state index in [0.717, 1.165) is 19.4 Å². The highest BCUT2D eigenvalue weighted by atomic mass is 35.5. The molecule has 0 bridgehead atoms. The van der Waals surface area contributed by atoms with Gasteiger partial charge in [-0.1, -0.05) is 18.5 Å². The predicted molar refractivity (Wildman–Crippen MR) is 65.4 cm³/mol. The average Bonchev–Trinajstić information content (AvgIpc) is 2.28. The molecule has 1 rings (SSSR count). The first-order valence-corrected chi connectivity index (χ1v) is 5.64.